The number of guanidine groups is 1. The maximum Gasteiger partial charge on any atom is 0.191 e. The Balaban J connectivity index is 1.45. The maximum absolute atomic E-state index is 4.48. The molecule has 0 aliphatic carbocycles. The molecular formula is C26H38N6. The van der Waals surface area contributed by atoms with Gasteiger partial charge in [0.15, 0.2) is 5.96 Å². The molecule has 1 aromatic heterocycles. The van der Waals surface area contributed by atoms with Crippen LogP contribution < -0.4 is 10.6 Å². The lowest BCUT2D eigenvalue weighted by Gasteiger charge is -2.21. The Morgan fingerprint density at radius 2 is 1.78 bits per heavy atom. The molecule has 1 heterocycles. The molecule has 0 aliphatic rings. The minimum atomic E-state index is 0.393. The van der Waals surface area contributed by atoms with Crippen LogP contribution in [0.1, 0.15) is 44.7 Å². The first-order valence-electron chi connectivity index (χ1n) is 11.8. The summed E-state index contributed by atoms with van der Waals surface area (Å²) in [6.07, 6.45) is 4.24. The highest BCUT2D eigenvalue weighted by molar-refractivity contribution is 5.79. The van der Waals surface area contributed by atoms with Crippen molar-refractivity contribution < 1.29 is 0 Å². The van der Waals surface area contributed by atoms with E-state index >= 15 is 0 Å². The van der Waals surface area contributed by atoms with E-state index in [1.807, 2.05) is 25.5 Å². The number of nitrogens with one attached hydrogen (secondary N) is 2. The Hall–Kier alpha value is -2.86. The summed E-state index contributed by atoms with van der Waals surface area (Å²) in [6, 6.07) is 17.4. The van der Waals surface area contributed by atoms with Crippen molar-refractivity contribution in [1.82, 2.24) is 25.1 Å². The van der Waals surface area contributed by atoms with E-state index in [1.54, 1.807) is 0 Å². The number of rotatable bonds is 11. The first-order valence-corrected chi connectivity index (χ1v) is 11.8. The standard InChI is InChI=1S/C26H38N6/c1-5-31(6-2)17-9-10-21(3)30-26(27-4)28-18-22-13-15-23(16-14-22)19-32-20-29-24-11-7-8-12-25(24)32/h7-8,11-16,20-21H,5-6,9-10,17-19H2,1-4H3,(H2,27,28,30). The Labute approximate surface area is 192 Å². The number of hydrogen-bond acceptors (Lipinski definition) is 3. The van der Waals surface area contributed by atoms with Gasteiger partial charge in [0.1, 0.15) is 0 Å². The average molecular weight is 435 g/mol. The molecule has 172 valence electrons. The second-order valence-corrected chi connectivity index (χ2v) is 8.32. The number of para-hydroxylation sites is 2. The molecule has 0 saturated heterocycles. The Morgan fingerprint density at radius 3 is 2.50 bits per heavy atom. The second-order valence-electron chi connectivity index (χ2n) is 8.32. The Morgan fingerprint density at radius 1 is 1.06 bits per heavy atom. The zero-order valence-corrected chi connectivity index (χ0v) is 20.0. The zero-order valence-electron chi connectivity index (χ0n) is 20.0. The quantitative estimate of drug-likeness (QED) is 0.350. The molecule has 6 nitrogen and oxygen atoms in total. The van der Waals surface area contributed by atoms with Crippen molar-refractivity contribution >= 4 is 17.0 Å². The Bertz CT molecular complexity index is 971. The third kappa shape index (κ3) is 6.82. The number of hydrogen-bond donors (Lipinski definition) is 2. The van der Waals surface area contributed by atoms with E-state index in [0.717, 1.165) is 50.6 Å². The molecule has 2 aromatic carbocycles. The lowest BCUT2D eigenvalue weighted by molar-refractivity contribution is 0.292. The lowest BCUT2D eigenvalue weighted by atomic mass is 10.1. The van der Waals surface area contributed by atoms with Gasteiger partial charge in [0.2, 0.25) is 0 Å². The average Bonchev–Trinajstić information content (AvgIpc) is 3.23. The molecule has 3 aromatic rings. The first kappa shape index (κ1) is 23.8. The predicted molar refractivity (Wildman–Crippen MR) is 135 cm³/mol. The molecule has 0 radical (unpaired) electrons. The number of imidazole rings is 1. The summed E-state index contributed by atoms with van der Waals surface area (Å²) in [5.41, 5.74) is 4.71. The predicted octanol–water partition coefficient (Wildman–Crippen LogP) is 4.26. The fourth-order valence-corrected chi connectivity index (χ4v) is 3.94. The van der Waals surface area contributed by atoms with Gasteiger partial charge < -0.3 is 20.1 Å². The third-order valence-corrected chi connectivity index (χ3v) is 5.98. The summed E-state index contributed by atoms with van der Waals surface area (Å²) in [5, 5.41) is 6.96. The largest absolute Gasteiger partial charge is 0.354 e. The molecule has 0 saturated carbocycles. The lowest BCUT2D eigenvalue weighted by Crippen LogP contribution is -2.42. The number of fused-ring (bicyclic) bond motifs is 1. The van der Waals surface area contributed by atoms with Crippen LogP contribution in [0.4, 0.5) is 0 Å². The molecule has 0 bridgehead atoms. The van der Waals surface area contributed by atoms with E-state index in [-0.39, 0.29) is 0 Å². The summed E-state index contributed by atoms with van der Waals surface area (Å²) in [6.45, 7) is 11.7. The fraction of sp³-hybridized carbons (Fsp3) is 0.462. The zero-order chi connectivity index (χ0) is 22.8. The molecule has 2 N–H and O–H groups in total. The van der Waals surface area contributed by atoms with Crippen molar-refractivity contribution in [3.05, 3.63) is 66.0 Å². The summed E-state index contributed by atoms with van der Waals surface area (Å²) in [5.74, 6) is 0.856. The molecular weight excluding hydrogens is 396 g/mol. The molecule has 1 atom stereocenters. The second kappa shape index (κ2) is 12.2. The summed E-state index contributed by atoms with van der Waals surface area (Å²) >= 11 is 0. The molecule has 1 unspecified atom stereocenters. The van der Waals surface area contributed by atoms with Crippen LogP contribution in [0.25, 0.3) is 11.0 Å². The summed E-state index contributed by atoms with van der Waals surface area (Å²) in [4.78, 5) is 11.3. The van der Waals surface area contributed by atoms with Gasteiger partial charge >= 0.3 is 0 Å². The van der Waals surface area contributed by atoms with E-state index in [1.165, 1.54) is 23.1 Å². The van der Waals surface area contributed by atoms with Gasteiger partial charge in [0.25, 0.3) is 0 Å². The minimum absolute atomic E-state index is 0.393. The van der Waals surface area contributed by atoms with E-state index < -0.39 is 0 Å². The highest BCUT2D eigenvalue weighted by atomic mass is 15.2. The van der Waals surface area contributed by atoms with Gasteiger partial charge in [0, 0.05) is 26.2 Å². The molecule has 0 fully saturated rings. The van der Waals surface area contributed by atoms with Gasteiger partial charge in [0.05, 0.1) is 17.4 Å². The van der Waals surface area contributed by atoms with Crippen LogP contribution in [0.3, 0.4) is 0 Å². The van der Waals surface area contributed by atoms with Crippen molar-refractivity contribution in [3.8, 4) is 0 Å². The van der Waals surface area contributed by atoms with E-state index in [0.29, 0.717) is 6.04 Å². The third-order valence-electron chi connectivity index (χ3n) is 5.98. The first-order chi connectivity index (χ1) is 15.6. The van der Waals surface area contributed by atoms with Gasteiger partial charge in [-0.1, -0.05) is 50.2 Å². The van der Waals surface area contributed by atoms with Gasteiger partial charge in [-0.05, 0) is 62.7 Å². The fourth-order valence-electron chi connectivity index (χ4n) is 3.94. The highest BCUT2D eigenvalue weighted by Crippen LogP contribution is 2.14. The molecule has 0 spiro atoms. The van der Waals surface area contributed by atoms with E-state index in [2.05, 4.69) is 87.2 Å². The maximum atomic E-state index is 4.48. The molecule has 0 aliphatic heterocycles. The molecule has 32 heavy (non-hydrogen) atoms. The van der Waals surface area contributed by atoms with Gasteiger partial charge in [-0.3, -0.25) is 4.99 Å². The van der Waals surface area contributed by atoms with Crippen molar-refractivity contribution in [1.29, 1.82) is 0 Å². The Kier molecular flexibility index (Phi) is 9.11. The molecule has 6 heteroatoms. The SMILES string of the molecule is CCN(CC)CCCC(C)NC(=NC)NCc1ccc(Cn2cnc3ccccc32)cc1. The minimum Gasteiger partial charge on any atom is -0.354 e. The molecule has 3 rings (SSSR count). The van der Waals surface area contributed by atoms with Gasteiger partial charge in [-0.15, -0.1) is 0 Å². The number of benzene rings is 2. The van der Waals surface area contributed by atoms with Gasteiger partial charge in [-0.2, -0.15) is 0 Å². The van der Waals surface area contributed by atoms with Crippen LogP contribution in [0.15, 0.2) is 59.9 Å². The number of nitrogens with zero attached hydrogens (tertiary/aromatic N) is 4. The van der Waals surface area contributed by atoms with Crippen molar-refractivity contribution in [2.75, 3.05) is 26.7 Å². The van der Waals surface area contributed by atoms with Crippen LogP contribution >= 0.6 is 0 Å². The molecule has 0 amide bonds. The number of aliphatic imine (C=N–C) groups is 1. The van der Waals surface area contributed by atoms with Crippen molar-refractivity contribution in [2.45, 2.75) is 52.7 Å². The summed E-state index contributed by atoms with van der Waals surface area (Å²) < 4.78 is 2.19. The van der Waals surface area contributed by atoms with Crippen LogP contribution in [0.5, 0.6) is 0 Å². The topological polar surface area (TPSA) is 57.5 Å². The smallest absolute Gasteiger partial charge is 0.191 e. The monoisotopic (exact) mass is 434 g/mol. The van der Waals surface area contributed by atoms with Crippen LogP contribution in [-0.2, 0) is 13.1 Å². The van der Waals surface area contributed by atoms with Crippen LogP contribution in [-0.4, -0.2) is 53.1 Å². The van der Waals surface area contributed by atoms with Crippen molar-refractivity contribution in [2.24, 2.45) is 4.99 Å². The van der Waals surface area contributed by atoms with E-state index in [4.69, 9.17) is 0 Å². The van der Waals surface area contributed by atoms with Crippen LogP contribution in [0.2, 0.25) is 0 Å². The highest BCUT2D eigenvalue weighted by Gasteiger charge is 2.07. The van der Waals surface area contributed by atoms with Crippen molar-refractivity contribution in [3.63, 3.8) is 0 Å². The van der Waals surface area contributed by atoms with E-state index in [9.17, 15) is 0 Å². The number of aromatic nitrogens is 2. The van der Waals surface area contributed by atoms with Gasteiger partial charge in [-0.25, -0.2) is 4.98 Å². The van der Waals surface area contributed by atoms with Crippen LogP contribution in [0, 0.1) is 0 Å². The summed E-state index contributed by atoms with van der Waals surface area (Å²) in [7, 11) is 1.83. The normalized spacial score (nSPS) is 13.0.